The van der Waals surface area contributed by atoms with Crippen LogP contribution in [0.25, 0.3) is 0 Å². The molecule has 4 nitrogen and oxygen atoms in total. The van der Waals surface area contributed by atoms with Gasteiger partial charge in [-0.3, -0.25) is 4.99 Å². The molecule has 2 rings (SSSR count). The zero-order chi connectivity index (χ0) is 15.9. The highest BCUT2D eigenvalue weighted by Crippen LogP contribution is 2.22. The molecule has 0 saturated carbocycles. The van der Waals surface area contributed by atoms with E-state index in [9.17, 15) is 4.39 Å². The summed E-state index contributed by atoms with van der Waals surface area (Å²) < 4.78 is 18.8. The number of methoxy groups -OCH3 is 1. The fourth-order valence-electron chi connectivity index (χ4n) is 1.98. The highest BCUT2D eigenvalue weighted by molar-refractivity contribution is 14.0. The number of guanidine groups is 1. The van der Waals surface area contributed by atoms with E-state index in [4.69, 9.17) is 22.1 Å². The van der Waals surface area contributed by atoms with Gasteiger partial charge in [0.15, 0.2) is 5.96 Å². The average molecular weight is 450 g/mol. The number of rotatable bonds is 5. The minimum atomic E-state index is -0.334. The summed E-state index contributed by atoms with van der Waals surface area (Å²) in [5.74, 6) is 0.564. The van der Waals surface area contributed by atoms with Crippen molar-refractivity contribution in [3.05, 3.63) is 58.9 Å². The molecule has 2 aromatic carbocycles. The fourth-order valence-corrected chi connectivity index (χ4v) is 2.24. The second-order valence-corrected chi connectivity index (χ2v) is 4.95. The SMILES string of the molecule is COc1ccccc1NC(N)=NCCc1c(F)cccc1Cl.I. The Morgan fingerprint density at radius 1 is 1.26 bits per heavy atom. The van der Waals surface area contributed by atoms with Gasteiger partial charge in [0, 0.05) is 17.1 Å². The molecule has 0 unspecified atom stereocenters. The maximum atomic E-state index is 13.6. The molecule has 0 heterocycles. The molecule has 3 N–H and O–H groups in total. The van der Waals surface area contributed by atoms with E-state index in [1.807, 2.05) is 24.3 Å². The first-order chi connectivity index (χ1) is 10.6. The van der Waals surface area contributed by atoms with Crippen LogP contribution in [0.2, 0.25) is 5.02 Å². The van der Waals surface area contributed by atoms with E-state index >= 15 is 0 Å². The zero-order valence-electron chi connectivity index (χ0n) is 12.6. The molecule has 0 amide bonds. The standard InChI is InChI=1S/C16H17ClFN3O.HI/c1-22-15-8-3-2-7-14(15)21-16(19)20-10-9-11-12(17)5-4-6-13(11)18;/h2-8H,9-10H2,1H3,(H3,19,20,21);1H. The Morgan fingerprint density at radius 3 is 2.70 bits per heavy atom. The summed E-state index contributed by atoms with van der Waals surface area (Å²) >= 11 is 5.96. The van der Waals surface area contributed by atoms with Crippen LogP contribution in [0, 0.1) is 5.82 Å². The summed E-state index contributed by atoms with van der Waals surface area (Å²) in [5.41, 5.74) is 6.99. The number of nitrogens with one attached hydrogen (secondary N) is 1. The van der Waals surface area contributed by atoms with Gasteiger partial charge in [-0.25, -0.2) is 4.39 Å². The lowest BCUT2D eigenvalue weighted by Crippen LogP contribution is -2.23. The van der Waals surface area contributed by atoms with Crippen molar-refractivity contribution in [2.75, 3.05) is 19.0 Å². The van der Waals surface area contributed by atoms with Crippen LogP contribution in [0.5, 0.6) is 5.75 Å². The normalized spacial score (nSPS) is 10.8. The Morgan fingerprint density at radius 2 is 2.00 bits per heavy atom. The van der Waals surface area contributed by atoms with Crippen molar-refractivity contribution in [3.63, 3.8) is 0 Å². The summed E-state index contributed by atoms with van der Waals surface area (Å²) in [6, 6.07) is 12.0. The third-order valence-corrected chi connectivity index (χ3v) is 3.43. The first-order valence-electron chi connectivity index (χ1n) is 6.74. The first kappa shape index (κ1) is 19.5. The number of nitrogens with two attached hydrogens (primary N) is 1. The van der Waals surface area contributed by atoms with Gasteiger partial charge in [0.25, 0.3) is 0 Å². The summed E-state index contributed by atoms with van der Waals surface area (Å²) in [6.45, 7) is 0.328. The van der Waals surface area contributed by atoms with E-state index in [1.54, 1.807) is 19.2 Å². The quantitative estimate of drug-likeness (QED) is 0.411. The van der Waals surface area contributed by atoms with Crippen molar-refractivity contribution >= 4 is 47.2 Å². The van der Waals surface area contributed by atoms with Gasteiger partial charge in [0.05, 0.1) is 12.8 Å². The number of nitrogens with zero attached hydrogens (tertiary/aromatic N) is 1. The molecule has 124 valence electrons. The van der Waals surface area contributed by atoms with E-state index in [0.717, 1.165) is 5.69 Å². The predicted molar refractivity (Wildman–Crippen MR) is 104 cm³/mol. The van der Waals surface area contributed by atoms with Crippen molar-refractivity contribution in [3.8, 4) is 5.75 Å². The summed E-state index contributed by atoms with van der Waals surface area (Å²) in [5, 5.41) is 3.35. The molecule has 0 aliphatic rings. The molecule has 0 atom stereocenters. The topological polar surface area (TPSA) is 59.6 Å². The summed E-state index contributed by atoms with van der Waals surface area (Å²) in [7, 11) is 1.58. The van der Waals surface area contributed by atoms with E-state index < -0.39 is 0 Å². The van der Waals surface area contributed by atoms with Gasteiger partial charge in [-0.1, -0.05) is 29.8 Å². The second kappa shape index (κ2) is 9.57. The third kappa shape index (κ3) is 5.54. The van der Waals surface area contributed by atoms with Gasteiger partial charge in [0.1, 0.15) is 11.6 Å². The molecule has 0 spiro atoms. The van der Waals surface area contributed by atoms with Crippen LogP contribution in [-0.4, -0.2) is 19.6 Å². The number of ether oxygens (including phenoxy) is 1. The van der Waals surface area contributed by atoms with Crippen LogP contribution in [-0.2, 0) is 6.42 Å². The fraction of sp³-hybridized carbons (Fsp3) is 0.188. The molecule has 0 saturated heterocycles. The Balaban J connectivity index is 0.00000264. The molecule has 23 heavy (non-hydrogen) atoms. The number of hydrogen-bond donors (Lipinski definition) is 2. The third-order valence-electron chi connectivity index (χ3n) is 3.08. The molecule has 0 bridgehead atoms. The van der Waals surface area contributed by atoms with Gasteiger partial charge in [0.2, 0.25) is 0 Å². The molecular weight excluding hydrogens is 432 g/mol. The number of halogens is 3. The van der Waals surface area contributed by atoms with Gasteiger partial charge in [-0.15, -0.1) is 24.0 Å². The number of para-hydroxylation sites is 2. The summed E-state index contributed by atoms with van der Waals surface area (Å²) in [4.78, 5) is 4.17. The smallest absolute Gasteiger partial charge is 0.193 e. The van der Waals surface area contributed by atoms with E-state index in [-0.39, 0.29) is 35.8 Å². The second-order valence-electron chi connectivity index (χ2n) is 4.54. The van der Waals surface area contributed by atoms with Crippen molar-refractivity contribution < 1.29 is 9.13 Å². The predicted octanol–water partition coefficient (Wildman–Crippen LogP) is 4.08. The number of aliphatic imine (C=N–C) groups is 1. The molecule has 0 aliphatic carbocycles. The van der Waals surface area contributed by atoms with Crippen LogP contribution in [0.15, 0.2) is 47.5 Å². The molecule has 0 aliphatic heterocycles. The van der Waals surface area contributed by atoms with Crippen LogP contribution in [0.3, 0.4) is 0 Å². The van der Waals surface area contributed by atoms with Crippen LogP contribution < -0.4 is 15.8 Å². The van der Waals surface area contributed by atoms with Crippen molar-refractivity contribution in [1.29, 1.82) is 0 Å². The lowest BCUT2D eigenvalue weighted by Gasteiger charge is -2.10. The number of benzene rings is 2. The van der Waals surface area contributed by atoms with E-state index in [0.29, 0.717) is 29.3 Å². The monoisotopic (exact) mass is 449 g/mol. The lowest BCUT2D eigenvalue weighted by molar-refractivity contribution is 0.417. The molecule has 7 heteroatoms. The minimum absolute atomic E-state index is 0. The van der Waals surface area contributed by atoms with Crippen LogP contribution in [0.1, 0.15) is 5.56 Å². The largest absolute Gasteiger partial charge is 0.495 e. The minimum Gasteiger partial charge on any atom is -0.495 e. The summed E-state index contributed by atoms with van der Waals surface area (Å²) in [6.07, 6.45) is 0.375. The van der Waals surface area contributed by atoms with Gasteiger partial charge in [-0.05, 0) is 30.7 Å². The lowest BCUT2D eigenvalue weighted by atomic mass is 10.1. The van der Waals surface area contributed by atoms with Crippen LogP contribution >= 0.6 is 35.6 Å². The highest BCUT2D eigenvalue weighted by atomic mass is 127. The molecule has 2 aromatic rings. The van der Waals surface area contributed by atoms with Gasteiger partial charge in [-0.2, -0.15) is 0 Å². The van der Waals surface area contributed by atoms with E-state index in [2.05, 4.69) is 10.3 Å². The van der Waals surface area contributed by atoms with Crippen molar-refractivity contribution in [1.82, 2.24) is 0 Å². The molecule has 0 fully saturated rings. The number of anilines is 1. The van der Waals surface area contributed by atoms with E-state index in [1.165, 1.54) is 6.07 Å². The Bertz CT molecular complexity index is 662. The maximum Gasteiger partial charge on any atom is 0.193 e. The van der Waals surface area contributed by atoms with Crippen molar-refractivity contribution in [2.24, 2.45) is 10.7 Å². The van der Waals surface area contributed by atoms with Gasteiger partial charge < -0.3 is 15.8 Å². The molecular formula is C16H18ClFIN3O. The van der Waals surface area contributed by atoms with Crippen molar-refractivity contribution in [2.45, 2.75) is 6.42 Å². The molecule has 0 radical (unpaired) electrons. The Kier molecular flexibility index (Phi) is 8.11. The highest BCUT2D eigenvalue weighted by Gasteiger charge is 2.06. The first-order valence-corrected chi connectivity index (χ1v) is 7.12. The maximum absolute atomic E-state index is 13.6. The Labute approximate surface area is 156 Å². The number of hydrogen-bond acceptors (Lipinski definition) is 2. The zero-order valence-corrected chi connectivity index (χ0v) is 15.6. The van der Waals surface area contributed by atoms with Gasteiger partial charge >= 0.3 is 0 Å². The Hall–Kier alpha value is -1.54. The average Bonchev–Trinajstić information content (AvgIpc) is 2.51. The van der Waals surface area contributed by atoms with Crippen LogP contribution in [0.4, 0.5) is 10.1 Å². The molecule has 0 aromatic heterocycles.